The van der Waals surface area contributed by atoms with Crippen LogP contribution in [0.5, 0.6) is 0 Å². The van der Waals surface area contributed by atoms with Crippen molar-refractivity contribution < 1.29 is 0 Å². The molecular formula is C17H20BrN. The molecule has 0 aliphatic rings. The molecular weight excluding hydrogens is 298 g/mol. The maximum atomic E-state index is 3.60. The van der Waals surface area contributed by atoms with Crippen molar-refractivity contribution in [2.45, 2.75) is 33.7 Å². The number of hydrogen-bond donors (Lipinski definition) is 1. The predicted molar refractivity (Wildman–Crippen MR) is 86.8 cm³/mol. The lowest BCUT2D eigenvalue weighted by molar-refractivity contribution is 1.10. The fourth-order valence-electron chi connectivity index (χ4n) is 2.14. The molecule has 1 nitrogen and oxygen atoms in total. The van der Waals surface area contributed by atoms with Crippen molar-refractivity contribution in [2.75, 3.05) is 5.32 Å². The Hall–Kier alpha value is -1.28. The number of halogens is 1. The summed E-state index contributed by atoms with van der Waals surface area (Å²) >= 11 is 3.60. The van der Waals surface area contributed by atoms with Gasteiger partial charge < -0.3 is 5.32 Å². The first kappa shape index (κ1) is 14.1. The Kier molecular flexibility index (Phi) is 4.65. The van der Waals surface area contributed by atoms with Gasteiger partial charge in [0.2, 0.25) is 0 Å². The summed E-state index contributed by atoms with van der Waals surface area (Å²) in [6.07, 6.45) is 1.10. The van der Waals surface area contributed by atoms with Crippen LogP contribution >= 0.6 is 15.9 Å². The number of nitrogens with one attached hydrogen (secondary N) is 1. The molecule has 1 N–H and O–H groups in total. The molecule has 0 aliphatic carbocycles. The Morgan fingerprint density at radius 1 is 0.947 bits per heavy atom. The van der Waals surface area contributed by atoms with Crippen molar-refractivity contribution in [3.8, 4) is 0 Å². The Morgan fingerprint density at radius 3 is 2.00 bits per heavy atom. The van der Waals surface area contributed by atoms with Crippen molar-refractivity contribution in [1.29, 1.82) is 0 Å². The molecule has 2 aromatic carbocycles. The third kappa shape index (κ3) is 3.60. The van der Waals surface area contributed by atoms with Crippen LogP contribution in [0.4, 0.5) is 5.69 Å². The summed E-state index contributed by atoms with van der Waals surface area (Å²) in [5.41, 5.74) is 6.42. The average molecular weight is 318 g/mol. The van der Waals surface area contributed by atoms with E-state index < -0.39 is 0 Å². The van der Waals surface area contributed by atoms with E-state index in [9.17, 15) is 0 Å². The van der Waals surface area contributed by atoms with Crippen LogP contribution in [-0.2, 0) is 13.0 Å². The lowest BCUT2D eigenvalue weighted by Crippen LogP contribution is -2.00. The number of rotatable bonds is 4. The molecule has 19 heavy (non-hydrogen) atoms. The molecule has 0 unspecified atom stereocenters. The molecule has 0 radical (unpaired) electrons. The van der Waals surface area contributed by atoms with E-state index in [1.807, 2.05) is 0 Å². The van der Waals surface area contributed by atoms with E-state index in [4.69, 9.17) is 0 Å². The van der Waals surface area contributed by atoms with Gasteiger partial charge in [0.15, 0.2) is 0 Å². The van der Waals surface area contributed by atoms with Crippen molar-refractivity contribution in [1.82, 2.24) is 0 Å². The summed E-state index contributed by atoms with van der Waals surface area (Å²) in [5.74, 6) is 0. The smallest absolute Gasteiger partial charge is 0.0400 e. The van der Waals surface area contributed by atoms with E-state index in [-0.39, 0.29) is 0 Å². The van der Waals surface area contributed by atoms with Crippen LogP contribution in [0.1, 0.15) is 29.2 Å². The third-order valence-corrected chi connectivity index (χ3v) is 4.62. The monoisotopic (exact) mass is 317 g/mol. The number of anilines is 1. The molecule has 0 aromatic heterocycles. The Balaban J connectivity index is 2.05. The van der Waals surface area contributed by atoms with Gasteiger partial charge >= 0.3 is 0 Å². The molecule has 0 fully saturated rings. The van der Waals surface area contributed by atoms with Gasteiger partial charge in [0, 0.05) is 16.7 Å². The summed E-state index contributed by atoms with van der Waals surface area (Å²) in [5, 5.41) is 3.49. The largest absolute Gasteiger partial charge is 0.381 e. The maximum absolute atomic E-state index is 3.60. The van der Waals surface area contributed by atoms with Crippen LogP contribution in [0.15, 0.2) is 40.9 Å². The molecule has 0 spiro atoms. The minimum atomic E-state index is 0.866. The van der Waals surface area contributed by atoms with Crippen molar-refractivity contribution in [2.24, 2.45) is 0 Å². The van der Waals surface area contributed by atoms with Gasteiger partial charge in [-0.05, 0) is 54.7 Å². The van der Waals surface area contributed by atoms with Crippen LogP contribution < -0.4 is 5.32 Å². The highest BCUT2D eigenvalue weighted by Crippen LogP contribution is 2.25. The molecule has 0 amide bonds. The van der Waals surface area contributed by atoms with Crippen molar-refractivity contribution in [3.63, 3.8) is 0 Å². The second-order valence-electron chi connectivity index (χ2n) is 4.95. The highest BCUT2D eigenvalue weighted by molar-refractivity contribution is 9.10. The third-order valence-electron chi connectivity index (χ3n) is 3.36. The zero-order chi connectivity index (χ0) is 13.8. The van der Waals surface area contributed by atoms with Crippen LogP contribution in [0.3, 0.4) is 0 Å². The molecule has 0 saturated heterocycles. The first-order chi connectivity index (χ1) is 9.10. The van der Waals surface area contributed by atoms with Crippen LogP contribution in [0.2, 0.25) is 0 Å². The zero-order valence-electron chi connectivity index (χ0n) is 11.8. The molecule has 0 saturated carbocycles. The lowest BCUT2D eigenvalue weighted by atomic mass is 10.1. The average Bonchev–Trinajstić information content (AvgIpc) is 2.43. The molecule has 2 aromatic rings. The molecule has 100 valence electrons. The highest BCUT2D eigenvalue weighted by Gasteiger charge is 2.02. The van der Waals surface area contributed by atoms with Crippen LogP contribution in [-0.4, -0.2) is 0 Å². The van der Waals surface area contributed by atoms with Gasteiger partial charge in [-0.3, -0.25) is 0 Å². The predicted octanol–water partition coefficient (Wildman–Crippen LogP) is 5.24. The second-order valence-corrected chi connectivity index (χ2v) is 5.74. The Morgan fingerprint density at radius 2 is 1.47 bits per heavy atom. The summed E-state index contributed by atoms with van der Waals surface area (Å²) in [4.78, 5) is 0. The van der Waals surface area contributed by atoms with Gasteiger partial charge in [0.25, 0.3) is 0 Å². The fraction of sp³-hybridized carbons (Fsp3) is 0.294. The normalized spacial score (nSPS) is 10.5. The van der Waals surface area contributed by atoms with Gasteiger partial charge in [0.05, 0.1) is 0 Å². The molecule has 0 aliphatic heterocycles. The molecule has 0 atom stereocenters. The second kappa shape index (κ2) is 6.25. The van der Waals surface area contributed by atoms with E-state index in [1.54, 1.807) is 0 Å². The van der Waals surface area contributed by atoms with Crippen LogP contribution in [0.25, 0.3) is 0 Å². The topological polar surface area (TPSA) is 12.0 Å². The van der Waals surface area contributed by atoms with Gasteiger partial charge in [-0.1, -0.05) is 47.1 Å². The molecule has 2 rings (SSSR count). The molecule has 0 bridgehead atoms. The number of benzene rings is 2. The van der Waals surface area contributed by atoms with E-state index in [0.717, 1.165) is 13.0 Å². The molecule has 2 heteroatoms. The Labute approximate surface area is 124 Å². The zero-order valence-corrected chi connectivity index (χ0v) is 13.3. The van der Waals surface area contributed by atoms with Gasteiger partial charge in [-0.2, -0.15) is 0 Å². The lowest BCUT2D eigenvalue weighted by Gasteiger charge is -2.11. The highest BCUT2D eigenvalue weighted by atomic mass is 79.9. The SMILES string of the molecule is CCc1ccc(CNc2cc(C)c(Br)c(C)c2)cc1. The van der Waals surface area contributed by atoms with E-state index in [1.165, 1.54) is 32.4 Å². The summed E-state index contributed by atoms with van der Waals surface area (Å²) in [6.45, 7) is 7.29. The van der Waals surface area contributed by atoms with Crippen molar-refractivity contribution >= 4 is 21.6 Å². The van der Waals surface area contributed by atoms with E-state index >= 15 is 0 Å². The van der Waals surface area contributed by atoms with E-state index in [0.29, 0.717) is 0 Å². The Bertz CT molecular complexity index is 535. The molecule has 0 heterocycles. The summed E-state index contributed by atoms with van der Waals surface area (Å²) in [6, 6.07) is 13.2. The quantitative estimate of drug-likeness (QED) is 0.813. The first-order valence-electron chi connectivity index (χ1n) is 6.68. The standard InChI is InChI=1S/C17H20BrN/c1-4-14-5-7-15(8-6-14)11-19-16-9-12(2)17(18)13(3)10-16/h5-10,19H,4,11H2,1-3H3. The minimum Gasteiger partial charge on any atom is -0.381 e. The maximum Gasteiger partial charge on any atom is 0.0400 e. The van der Waals surface area contributed by atoms with E-state index in [2.05, 4.69) is 78.4 Å². The first-order valence-corrected chi connectivity index (χ1v) is 7.48. The summed E-state index contributed by atoms with van der Waals surface area (Å²) in [7, 11) is 0. The minimum absolute atomic E-state index is 0.866. The van der Waals surface area contributed by atoms with Gasteiger partial charge in [-0.25, -0.2) is 0 Å². The van der Waals surface area contributed by atoms with Crippen LogP contribution in [0, 0.1) is 13.8 Å². The van der Waals surface area contributed by atoms with Crippen molar-refractivity contribution in [3.05, 3.63) is 63.1 Å². The fourth-order valence-corrected chi connectivity index (χ4v) is 2.37. The van der Waals surface area contributed by atoms with Gasteiger partial charge in [0.1, 0.15) is 0 Å². The van der Waals surface area contributed by atoms with Gasteiger partial charge in [-0.15, -0.1) is 0 Å². The number of hydrogen-bond acceptors (Lipinski definition) is 1. The number of aryl methyl sites for hydroxylation is 3. The summed E-state index contributed by atoms with van der Waals surface area (Å²) < 4.78 is 1.20.